The molecular weight excluding hydrogens is 1040 g/mol. The zero-order valence-electron chi connectivity index (χ0n) is 44.6. The summed E-state index contributed by atoms with van der Waals surface area (Å²) in [6.07, 6.45) is -1.30. The van der Waals surface area contributed by atoms with Crippen LogP contribution in [0.1, 0.15) is 104 Å². The molecule has 2 aromatic rings. The summed E-state index contributed by atoms with van der Waals surface area (Å²) in [6, 6.07) is -5.95. The van der Waals surface area contributed by atoms with Crippen molar-refractivity contribution >= 4 is 88.8 Å². The lowest BCUT2D eigenvalue weighted by Gasteiger charge is -2.29. The fourth-order valence-corrected chi connectivity index (χ4v) is 8.05. The molecule has 28 heteroatoms. The molecule has 0 aliphatic heterocycles. The van der Waals surface area contributed by atoms with Crippen LogP contribution in [-0.4, -0.2) is 155 Å². The average molecular weight is 1120 g/mol. The minimum absolute atomic E-state index is 0.0249. The Bertz CT molecular complexity index is 2490. The van der Waals surface area contributed by atoms with Crippen molar-refractivity contribution in [2.45, 2.75) is 154 Å². The van der Waals surface area contributed by atoms with Crippen LogP contribution in [0.15, 0.2) is 33.5 Å². The first-order chi connectivity index (χ1) is 36.8. The highest BCUT2D eigenvalue weighted by atomic mass is 32.1. The Morgan fingerprint density at radius 3 is 1.53 bits per heavy atom. The van der Waals surface area contributed by atoms with Gasteiger partial charge in [0.2, 0.25) is 47.3 Å². The zero-order valence-corrected chi connectivity index (χ0v) is 45.5. The number of methoxy groups -OCH3 is 1. The molecule has 0 saturated heterocycles. The van der Waals surface area contributed by atoms with Crippen molar-refractivity contribution in [2.24, 2.45) is 23.3 Å². The Hall–Kier alpha value is -7.33. The van der Waals surface area contributed by atoms with Crippen molar-refractivity contribution in [2.75, 3.05) is 26.0 Å². The van der Waals surface area contributed by atoms with Crippen molar-refractivity contribution in [3.63, 3.8) is 0 Å². The molecule has 0 aliphatic carbocycles. The summed E-state index contributed by atoms with van der Waals surface area (Å²) in [5.41, 5.74) is 11.1. The first kappa shape index (κ1) is 66.8. The number of carboxylic acids is 3. The van der Waals surface area contributed by atoms with Crippen LogP contribution in [0.25, 0.3) is 11.0 Å². The minimum atomic E-state index is -1.95. The standard InChI is InChI=1S/C50H76N10O17S/c1-7-30(43(67)58-35(24-78)50(74)75)54-48(72)41(25(2)3)60-49(73)42(26(4)5)59-47(71)34(23-39(64)65)57-46(70)33(16-17-38(62)63)56-45(69)32(13-9-11-19-52)55-44(68)31(12-8-10-18-51)53-37(61)20-27-21-40(66)77-36-22-28(76-6)14-15-29(27)36/h14-15,21-22,25-26,30-35,41-42,78H,7-13,16-20,23-24,51-52H2,1-6H3,(H,53,61)(H,54,72)(H,55,68)(H,56,69)(H,57,70)(H,58,67)(H,59,71)(H,60,73)(H,62,63)(H,64,65)(H,74,75)/t30-,31-,32-,33-,34-,35-,41-,42-/m0/s1. The number of aliphatic carboxylic acids is 3. The van der Waals surface area contributed by atoms with Crippen LogP contribution in [0, 0.1) is 11.8 Å². The Morgan fingerprint density at radius 2 is 1.05 bits per heavy atom. The fourth-order valence-electron chi connectivity index (χ4n) is 7.80. The van der Waals surface area contributed by atoms with Crippen molar-refractivity contribution in [3.05, 3.63) is 40.2 Å². The van der Waals surface area contributed by atoms with Gasteiger partial charge in [-0.15, -0.1) is 0 Å². The number of ether oxygens (including phenoxy) is 1. The van der Waals surface area contributed by atoms with Gasteiger partial charge >= 0.3 is 23.5 Å². The van der Waals surface area contributed by atoms with Gasteiger partial charge in [-0.1, -0.05) is 34.6 Å². The molecule has 1 aromatic heterocycles. The SMILES string of the molecule is CC[C@H](NC(=O)[C@@H](NC(=O)[C@@H](NC(=O)[C@H](CC(=O)O)NC(=O)[C@H](CCC(=O)O)NC(=O)[C@H](CCCCN)NC(=O)[C@H](CCCCN)NC(=O)Cc1cc(=O)oc2cc(OC)ccc12)C(C)C)C(C)C)C(=O)N[C@@H](CS)C(=O)O. The maximum absolute atomic E-state index is 14.1. The number of nitrogens with one attached hydrogen (secondary N) is 8. The molecule has 8 atom stereocenters. The average Bonchev–Trinajstić information content (AvgIpc) is 3.37. The summed E-state index contributed by atoms with van der Waals surface area (Å²) < 4.78 is 10.5. The highest BCUT2D eigenvalue weighted by molar-refractivity contribution is 7.80. The van der Waals surface area contributed by atoms with E-state index in [1.165, 1.54) is 27.0 Å². The Balaban J connectivity index is 2.39. The second-order valence-electron chi connectivity index (χ2n) is 19.0. The quantitative estimate of drug-likeness (QED) is 0.0211. The number of benzene rings is 1. The monoisotopic (exact) mass is 1120 g/mol. The van der Waals surface area contributed by atoms with Crippen LogP contribution >= 0.6 is 12.6 Å². The van der Waals surface area contributed by atoms with Crippen molar-refractivity contribution in [1.29, 1.82) is 0 Å². The van der Waals surface area contributed by atoms with Gasteiger partial charge in [0.15, 0.2) is 0 Å². The molecule has 0 saturated carbocycles. The number of unbranched alkanes of at least 4 members (excludes halogenated alkanes) is 2. The summed E-state index contributed by atoms with van der Waals surface area (Å²) >= 11 is 3.92. The number of amides is 8. The van der Waals surface area contributed by atoms with Gasteiger partial charge in [-0.25, -0.2) is 9.59 Å². The highest BCUT2D eigenvalue weighted by Crippen LogP contribution is 2.23. The van der Waals surface area contributed by atoms with Crippen LogP contribution < -0.4 is 64.4 Å². The number of carbonyl (C=O) groups is 11. The largest absolute Gasteiger partial charge is 0.497 e. The second-order valence-corrected chi connectivity index (χ2v) is 19.4. The number of thiol groups is 1. The van der Waals surface area contributed by atoms with E-state index in [1.54, 1.807) is 32.9 Å². The first-order valence-electron chi connectivity index (χ1n) is 25.5. The number of hydrogen-bond acceptors (Lipinski definition) is 17. The number of carboxylic acid groups (broad SMARTS) is 3. The van der Waals surface area contributed by atoms with E-state index in [0.29, 0.717) is 30.4 Å². The summed E-state index contributed by atoms with van der Waals surface area (Å²) in [7, 11) is 1.42. The van der Waals surface area contributed by atoms with Crippen molar-refractivity contribution in [1.82, 2.24) is 42.5 Å². The van der Waals surface area contributed by atoms with E-state index in [-0.39, 0.29) is 62.1 Å². The maximum atomic E-state index is 14.1. The molecule has 0 fully saturated rings. The summed E-state index contributed by atoms with van der Waals surface area (Å²) in [5.74, 6) is -13.1. The van der Waals surface area contributed by atoms with Gasteiger partial charge in [0.05, 0.1) is 20.0 Å². The third-order valence-corrected chi connectivity index (χ3v) is 12.6. The third-order valence-electron chi connectivity index (χ3n) is 12.2. The molecule has 1 heterocycles. The third kappa shape index (κ3) is 22.3. The second kappa shape index (κ2) is 33.7. The number of carbonyl (C=O) groups excluding carboxylic acids is 8. The molecular formula is C50H76N10O17S. The fraction of sp³-hybridized carbons (Fsp3) is 0.600. The van der Waals surface area contributed by atoms with E-state index in [4.69, 9.17) is 20.6 Å². The predicted octanol–water partition coefficient (Wildman–Crippen LogP) is -1.44. The molecule has 0 aliphatic rings. The van der Waals surface area contributed by atoms with Gasteiger partial charge in [-0.3, -0.25) is 47.9 Å². The molecule has 1 aromatic carbocycles. The minimum Gasteiger partial charge on any atom is -0.497 e. The van der Waals surface area contributed by atoms with Crippen LogP contribution in [0.2, 0.25) is 0 Å². The van der Waals surface area contributed by atoms with Crippen LogP contribution in [0.5, 0.6) is 5.75 Å². The number of rotatable bonds is 36. The Morgan fingerprint density at radius 1 is 0.590 bits per heavy atom. The lowest BCUT2D eigenvalue weighted by molar-refractivity contribution is -0.142. The number of nitrogens with two attached hydrogens (primary N) is 2. The van der Waals surface area contributed by atoms with E-state index in [2.05, 4.69) is 55.2 Å². The van der Waals surface area contributed by atoms with Gasteiger partial charge < -0.3 is 78.5 Å². The van der Waals surface area contributed by atoms with Gasteiger partial charge in [0, 0.05) is 29.7 Å². The molecule has 434 valence electrons. The first-order valence-corrected chi connectivity index (χ1v) is 26.1. The summed E-state index contributed by atoms with van der Waals surface area (Å²) in [4.78, 5) is 158. The van der Waals surface area contributed by atoms with E-state index < -0.39 is 150 Å². The van der Waals surface area contributed by atoms with Crippen LogP contribution in [0.3, 0.4) is 0 Å². The smallest absolute Gasteiger partial charge is 0.336 e. The molecule has 27 nitrogen and oxygen atoms in total. The van der Waals surface area contributed by atoms with Gasteiger partial charge in [-0.05, 0) is 94.0 Å². The zero-order chi connectivity index (χ0) is 58.8. The molecule has 0 bridgehead atoms. The highest BCUT2D eigenvalue weighted by Gasteiger charge is 2.37. The number of fused-ring (bicyclic) bond motifs is 1. The van der Waals surface area contributed by atoms with E-state index in [0.717, 1.165) is 6.07 Å². The van der Waals surface area contributed by atoms with Crippen molar-refractivity contribution < 1.29 is 77.2 Å². The van der Waals surface area contributed by atoms with Gasteiger partial charge in [0.1, 0.15) is 59.7 Å². The lowest BCUT2D eigenvalue weighted by atomic mass is 9.98. The van der Waals surface area contributed by atoms with E-state index >= 15 is 0 Å². The summed E-state index contributed by atoms with van der Waals surface area (Å²) in [5, 5.41) is 48.8. The molecule has 15 N–H and O–H groups in total. The molecule has 0 radical (unpaired) electrons. The van der Waals surface area contributed by atoms with Crippen molar-refractivity contribution in [3.8, 4) is 5.75 Å². The van der Waals surface area contributed by atoms with Gasteiger partial charge in [-0.2, -0.15) is 12.6 Å². The van der Waals surface area contributed by atoms with Gasteiger partial charge in [0.25, 0.3) is 0 Å². The topological polar surface area (TPSA) is 436 Å². The van der Waals surface area contributed by atoms with E-state index in [9.17, 15) is 72.9 Å². The van der Waals surface area contributed by atoms with E-state index in [1.807, 2.05) is 0 Å². The van der Waals surface area contributed by atoms with Crippen LogP contribution in [-0.2, 0) is 59.2 Å². The lowest BCUT2D eigenvalue weighted by Crippen LogP contribution is -2.61. The Labute approximate surface area is 456 Å². The normalized spacial score (nSPS) is 14.2. The predicted molar refractivity (Wildman–Crippen MR) is 285 cm³/mol. The molecule has 0 unspecified atom stereocenters. The number of hydrogen-bond donors (Lipinski definition) is 14. The van der Waals surface area contributed by atoms with Crippen LogP contribution in [0.4, 0.5) is 0 Å². The maximum Gasteiger partial charge on any atom is 0.336 e. The molecule has 0 spiro atoms. The molecule has 78 heavy (non-hydrogen) atoms. The molecule has 2 rings (SSSR count). The molecule has 8 amide bonds. The Kier molecular flexibility index (Phi) is 28.9. The summed E-state index contributed by atoms with van der Waals surface area (Å²) in [6.45, 7) is 8.17.